The Balaban J connectivity index is 1.44. The first kappa shape index (κ1) is 19.5. The fourth-order valence-electron chi connectivity index (χ4n) is 3.03. The van der Waals surface area contributed by atoms with E-state index < -0.39 is 0 Å². The van der Waals surface area contributed by atoms with Crippen LogP contribution in [0.3, 0.4) is 0 Å². The smallest absolute Gasteiger partial charge is 0.168 e. The van der Waals surface area contributed by atoms with E-state index in [0.717, 1.165) is 32.0 Å². The quantitative estimate of drug-likeness (QED) is 0.388. The second-order valence-corrected chi connectivity index (χ2v) is 8.83. The standard InChI is InChI=1S/C22H18FN3OS2/c1-13-22(29-14(2)25-13)19-12-28-21(26-19)10-17-8-7-16(11-24-17)20(27)9-15-5-3-4-6-18(15)23/h3-8,11-12H,9-10H2,1-2H3. The van der Waals surface area contributed by atoms with Crippen molar-refractivity contribution in [1.82, 2.24) is 15.0 Å². The van der Waals surface area contributed by atoms with Crippen molar-refractivity contribution in [1.29, 1.82) is 0 Å². The zero-order valence-electron chi connectivity index (χ0n) is 16.0. The first-order valence-corrected chi connectivity index (χ1v) is 10.8. The third-order valence-corrected chi connectivity index (χ3v) is 6.42. The van der Waals surface area contributed by atoms with Crippen molar-refractivity contribution in [2.24, 2.45) is 0 Å². The van der Waals surface area contributed by atoms with Crippen molar-refractivity contribution in [3.05, 3.63) is 86.3 Å². The highest BCUT2D eigenvalue weighted by Crippen LogP contribution is 2.31. The summed E-state index contributed by atoms with van der Waals surface area (Å²) in [7, 11) is 0. The van der Waals surface area contributed by atoms with Crippen molar-refractivity contribution < 1.29 is 9.18 Å². The summed E-state index contributed by atoms with van der Waals surface area (Å²) in [6, 6.07) is 9.91. The van der Waals surface area contributed by atoms with Crippen LogP contribution in [0.5, 0.6) is 0 Å². The van der Waals surface area contributed by atoms with Crippen LogP contribution >= 0.6 is 22.7 Å². The summed E-state index contributed by atoms with van der Waals surface area (Å²) >= 11 is 3.24. The van der Waals surface area contributed by atoms with Crippen LogP contribution in [0, 0.1) is 19.7 Å². The molecule has 0 spiro atoms. The second-order valence-electron chi connectivity index (χ2n) is 6.68. The van der Waals surface area contributed by atoms with E-state index in [1.54, 1.807) is 53.1 Å². The molecule has 0 aliphatic carbocycles. The van der Waals surface area contributed by atoms with Crippen molar-refractivity contribution in [2.45, 2.75) is 26.7 Å². The monoisotopic (exact) mass is 423 g/mol. The van der Waals surface area contributed by atoms with E-state index in [2.05, 4.69) is 9.97 Å². The van der Waals surface area contributed by atoms with Crippen LogP contribution in [0.2, 0.25) is 0 Å². The number of halogens is 1. The molecule has 0 N–H and O–H groups in total. The maximum Gasteiger partial charge on any atom is 0.168 e. The average molecular weight is 424 g/mol. The highest BCUT2D eigenvalue weighted by atomic mass is 32.1. The van der Waals surface area contributed by atoms with E-state index in [1.165, 1.54) is 6.07 Å². The van der Waals surface area contributed by atoms with E-state index in [-0.39, 0.29) is 18.0 Å². The van der Waals surface area contributed by atoms with E-state index in [9.17, 15) is 9.18 Å². The predicted octanol–water partition coefficient (Wildman–Crippen LogP) is 5.43. The van der Waals surface area contributed by atoms with Gasteiger partial charge in [0.1, 0.15) is 5.82 Å². The minimum atomic E-state index is -0.364. The van der Waals surface area contributed by atoms with Crippen LogP contribution in [-0.4, -0.2) is 20.7 Å². The molecule has 0 aliphatic rings. The summed E-state index contributed by atoms with van der Waals surface area (Å²) in [5.74, 6) is -0.516. The van der Waals surface area contributed by atoms with Crippen LogP contribution < -0.4 is 0 Å². The van der Waals surface area contributed by atoms with E-state index in [1.807, 2.05) is 25.3 Å². The molecule has 0 atom stereocenters. The number of benzene rings is 1. The van der Waals surface area contributed by atoms with E-state index in [4.69, 9.17) is 4.98 Å². The van der Waals surface area contributed by atoms with Gasteiger partial charge in [-0.05, 0) is 37.6 Å². The van der Waals surface area contributed by atoms with E-state index in [0.29, 0.717) is 17.5 Å². The lowest BCUT2D eigenvalue weighted by Gasteiger charge is -2.04. The fraction of sp³-hybridized carbons (Fsp3) is 0.182. The molecule has 0 saturated heterocycles. The molecule has 4 aromatic rings. The van der Waals surface area contributed by atoms with Gasteiger partial charge in [-0.1, -0.05) is 18.2 Å². The van der Waals surface area contributed by atoms with Gasteiger partial charge in [-0.25, -0.2) is 14.4 Å². The Hall–Kier alpha value is -2.77. The largest absolute Gasteiger partial charge is 0.294 e. The number of carbonyl (C=O) groups excluding carboxylic acids is 1. The number of hydrogen-bond acceptors (Lipinski definition) is 6. The molecule has 0 radical (unpaired) electrons. The average Bonchev–Trinajstić information content (AvgIpc) is 3.29. The molecule has 0 fully saturated rings. The molecule has 3 aromatic heterocycles. The van der Waals surface area contributed by atoms with Gasteiger partial charge in [0, 0.05) is 35.7 Å². The van der Waals surface area contributed by atoms with Gasteiger partial charge in [0.2, 0.25) is 0 Å². The molecular weight excluding hydrogens is 405 g/mol. The van der Waals surface area contributed by atoms with Crippen LogP contribution in [0.4, 0.5) is 4.39 Å². The Labute approximate surface area is 176 Å². The van der Waals surface area contributed by atoms with Gasteiger partial charge < -0.3 is 0 Å². The first-order chi connectivity index (χ1) is 14.0. The Kier molecular flexibility index (Phi) is 5.60. The molecule has 4 nitrogen and oxygen atoms in total. The Morgan fingerprint density at radius 2 is 1.93 bits per heavy atom. The molecule has 0 unspecified atom stereocenters. The summed E-state index contributed by atoms with van der Waals surface area (Å²) < 4.78 is 13.7. The van der Waals surface area contributed by atoms with Crippen LogP contribution in [-0.2, 0) is 12.8 Å². The Morgan fingerprint density at radius 1 is 1.10 bits per heavy atom. The highest BCUT2D eigenvalue weighted by Gasteiger charge is 2.13. The van der Waals surface area contributed by atoms with Gasteiger partial charge in [0.25, 0.3) is 0 Å². The normalized spacial score (nSPS) is 11.0. The molecule has 29 heavy (non-hydrogen) atoms. The topological polar surface area (TPSA) is 55.7 Å². The molecule has 0 aliphatic heterocycles. The van der Waals surface area contributed by atoms with Gasteiger partial charge in [-0.2, -0.15) is 0 Å². The summed E-state index contributed by atoms with van der Waals surface area (Å²) in [5.41, 5.74) is 3.66. The zero-order chi connectivity index (χ0) is 20.4. The molecular formula is C22H18FN3OS2. The summed E-state index contributed by atoms with van der Waals surface area (Å²) in [6.45, 7) is 3.99. The van der Waals surface area contributed by atoms with Gasteiger partial charge in [-0.15, -0.1) is 22.7 Å². The van der Waals surface area contributed by atoms with Gasteiger partial charge >= 0.3 is 0 Å². The van der Waals surface area contributed by atoms with Crippen LogP contribution in [0.25, 0.3) is 10.6 Å². The van der Waals surface area contributed by atoms with Crippen LogP contribution in [0.1, 0.15) is 37.3 Å². The van der Waals surface area contributed by atoms with Crippen molar-refractivity contribution in [3.63, 3.8) is 0 Å². The molecule has 1 aromatic carbocycles. The lowest BCUT2D eigenvalue weighted by Crippen LogP contribution is -2.06. The molecule has 3 heterocycles. The zero-order valence-corrected chi connectivity index (χ0v) is 17.6. The highest BCUT2D eigenvalue weighted by molar-refractivity contribution is 7.15. The number of rotatable bonds is 6. The molecule has 0 saturated carbocycles. The van der Waals surface area contributed by atoms with Crippen molar-refractivity contribution in [2.75, 3.05) is 0 Å². The number of thiazole rings is 2. The fourth-order valence-corrected chi connectivity index (χ4v) is 4.79. The molecule has 0 amide bonds. The number of hydrogen-bond donors (Lipinski definition) is 0. The maximum absolute atomic E-state index is 13.7. The summed E-state index contributed by atoms with van der Waals surface area (Å²) in [5, 5.41) is 4.04. The lowest BCUT2D eigenvalue weighted by atomic mass is 10.0. The van der Waals surface area contributed by atoms with Crippen molar-refractivity contribution >= 4 is 28.5 Å². The first-order valence-electron chi connectivity index (χ1n) is 9.10. The number of aromatic nitrogens is 3. The lowest BCUT2D eigenvalue weighted by molar-refractivity contribution is 0.0991. The van der Waals surface area contributed by atoms with Gasteiger partial charge in [0.05, 0.1) is 26.3 Å². The minimum absolute atomic E-state index is 0.0250. The van der Waals surface area contributed by atoms with Gasteiger partial charge in [-0.3, -0.25) is 9.78 Å². The number of carbonyl (C=O) groups is 1. The summed E-state index contributed by atoms with van der Waals surface area (Å²) in [6.07, 6.45) is 2.18. The molecule has 4 rings (SSSR count). The minimum Gasteiger partial charge on any atom is -0.294 e. The molecule has 146 valence electrons. The predicted molar refractivity (Wildman–Crippen MR) is 114 cm³/mol. The number of pyridine rings is 1. The SMILES string of the molecule is Cc1nc(C)c(-c2csc(Cc3ccc(C(=O)Cc4ccccc4F)cn3)n2)s1. The number of aryl methyl sites for hydroxylation is 2. The maximum atomic E-state index is 13.7. The molecule has 0 bridgehead atoms. The Bertz CT molecular complexity index is 1170. The van der Waals surface area contributed by atoms with Crippen LogP contribution in [0.15, 0.2) is 48.0 Å². The number of ketones is 1. The third kappa shape index (κ3) is 4.46. The van der Waals surface area contributed by atoms with E-state index >= 15 is 0 Å². The summed E-state index contributed by atoms with van der Waals surface area (Å²) in [4.78, 5) is 27.1. The number of nitrogens with zero attached hydrogens (tertiary/aromatic N) is 3. The number of Topliss-reactive ketones (excluding diaryl/α,β-unsaturated/α-hetero) is 1. The third-order valence-electron chi connectivity index (χ3n) is 4.48. The van der Waals surface area contributed by atoms with Gasteiger partial charge in [0.15, 0.2) is 5.78 Å². The molecule has 7 heteroatoms. The second kappa shape index (κ2) is 8.31. The van der Waals surface area contributed by atoms with Crippen molar-refractivity contribution in [3.8, 4) is 10.6 Å². The Morgan fingerprint density at radius 3 is 2.62 bits per heavy atom.